The SMILES string of the molecule is O=C1c2ccc3c4c(c(NCCN5CCCC5)cc(c24)C(=O)N1CCN1CCCC1)C(=O)N(CCN1CCCC1)C3=O. The van der Waals surface area contributed by atoms with Gasteiger partial charge < -0.3 is 20.0 Å². The van der Waals surface area contributed by atoms with Gasteiger partial charge in [0.2, 0.25) is 0 Å². The molecule has 0 aromatic heterocycles. The smallest absolute Gasteiger partial charge is 0.263 e. The van der Waals surface area contributed by atoms with Crippen LogP contribution < -0.4 is 5.32 Å². The summed E-state index contributed by atoms with van der Waals surface area (Å²) in [7, 11) is 0. The number of nitrogens with one attached hydrogen (secondary N) is 1. The van der Waals surface area contributed by atoms with Crippen LogP contribution in [0.25, 0.3) is 10.8 Å². The van der Waals surface area contributed by atoms with Crippen molar-refractivity contribution in [3.63, 3.8) is 0 Å². The van der Waals surface area contributed by atoms with Crippen LogP contribution in [-0.4, -0.2) is 127 Å². The van der Waals surface area contributed by atoms with Crippen molar-refractivity contribution in [3.8, 4) is 0 Å². The summed E-state index contributed by atoms with van der Waals surface area (Å²) in [5.74, 6) is -1.41. The molecule has 0 radical (unpaired) electrons. The second-order valence-electron chi connectivity index (χ2n) is 12.4. The van der Waals surface area contributed by atoms with E-state index >= 15 is 0 Å². The Hall–Kier alpha value is -3.34. The topological polar surface area (TPSA) is 96.5 Å². The number of nitrogens with zero attached hydrogens (tertiary/aromatic N) is 5. The van der Waals surface area contributed by atoms with Crippen LogP contribution >= 0.6 is 0 Å². The number of rotatable bonds is 10. The first-order chi connectivity index (χ1) is 20.5. The van der Waals surface area contributed by atoms with Crippen LogP contribution in [0.4, 0.5) is 5.69 Å². The first kappa shape index (κ1) is 27.5. The number of anilines is 1. The highest BCUT2D eigenvalue weighted by atomic mass is 16.2. The Morgan fingerprint density at radius 1 is 0.524 bits per heavy atom. The third-order valence-electron chi connectivity index (χ3n) is 9.79. The molecule has 0 bridgehead atoms. The Morgan fingerprint density at radius 2 is 0.976 bits per heavy atom. The van der Waals surface area contributed by atoms with Crippen molar-refractivity contribution >= 4 is 40.1 Å². The highest BCUT2D eigenvalue weighted by molar-refractivity contribution is 6.34. The summed E-state index contributed by atoms with van der Waals surface area (Å²) in [6.07, 6.45) is 6.94. The molecule has 1 N–H and O–H groups in total. The van der Waals surface area contributed by atoms with Gasteiger partial charge in [0.05, 0.1) is 11.1 Å². The number of hydrogen-bond acceptors (Lipinski definition) is 8. The number of amides is 4. The molecule has 0 aliphatic carbocycles. The average Bonchev–Trinajstić information content (AvgIpc) is 3.79. The van der Waals surface area contributed by atoms with E-state index in [0.717, 1.165) is 71.5 Å². The highest BCUT2D eigenvalue weighted by Gasteiger charge is 2.41. The van der Waals surface area contributed by atoms with Crippen LogP contribution in [0.2, 0.25) is 0 Å². The molecule has 3 fully saturated rings. The van der Waals surface area contributed by atoms with Gasteiger partial charge in [-0.2, -0.15) is 0 Å². The standard InChI is InChI=1S/C32H40N6O4/c39-29-22-7-8-23-27-26(22)24(31(41)37(29)19-17-35-12-3-4-13-35)21-25(33-9-16-34-10-1-2-11-34)28(27)32(42)38(30(23)40)20-18-36-14-5-6-15-36/h7-8,21,33H,1-6,9-20H2. The highest BCUT2D eigenvalue weighted by Crippen LogP contribution is 2.41. The second-order valence-corrected chi connectivity index (χ2v) is 12.4. The van der Waals surface area contributed by atoms with Crippen molar-refractivity contribution in [3.05, 3.63) is 40.5 Å². The Kier molecular flexibility index (Phi) is 7.46. The minimum atomic E-state index is -0.352. The normalized spacial score (nSPS) is 21.5. The molecule has 0 atom stereocenters. The van der Waals surface area contributed by atoms with E-state index < -0.39 is 0 Å². The van der Waals surface area contributed by atoms with Crippen molar-refractivity contribution < 1.29 is 19.2 Å². The van der Waals surface area contributed by atoms with Gasteiger partial charge in [-0.15, -0.1) is 0 Å². The van der Waals surface area contributed by atoms with E-state index in [-0.39, 0.29) is 23.6 Å². The van der Waals surface area contributed by atoms with Gasteiger partial charge in [-0.25, -0.2) is 0 Å². The quantitative estimate of drug-likeness (QED) is 0.435. The van der Waals surface area contributed by atoms with Gasteiger partial charge in [0.25, 0.3) is 23.6 Å². The lowest BCUT2D eigenvalue weighted by molar-refractivity contribution is 0.0576. The van der Waals surface area contributed by atoms with Crippen LogP contribution in [-0.2, 0) is 0 Å². The molecule has 42 heavy (non-hydrogen) atoms. The van der Waals surface area contributed by atoms with Gasteiger partial charge in [0.1, 0.15) is 0 Å². The zero-order valence-corrected chi connectivity index (χ0v) is 24.3. The Balaban J connectivity index is 1.26. The number of carbonyl (C=O) groups is 4. The number of benzene rings is 2. The minimum absolute atomic E-state index is 0.317. The maximum Gasteiger partial charge on any atom is 0.263 e. The molecule has 3 saturated heterocycles. The van der Waals surface area contributed by atoms with Crippen LogP contribution in [0, 0.1) is 0 Å². The maximum atomic E-state index is 14.1. The molecule has 7 rings (SSSR count). The molecule has 0 spiro atoms. The summed E-state index contributed by atoms with van der Waals surface area (Å²) in [4.78, 5) is 65.2. The first-order valence-corrected chi connectivity index (χ1v) is 15.8. The monoisotopic (exact) mass is 572 g/mol. The molecule has 10 heteroatoms. The molecule has 0 unspecified atom stereocenters. The van der Waals surface area contributed by atoms with E-state index in [2.05, 4.69) is 20.0 Å². The molecular weight excluding hydrogens is 532 g/mol. The number of imide groups is 2. The summed E-state index contributed by atoms with van der Waals surface area (Å²) in [6, 6.07) is 5.12. The molecule has 4 amide bonds. The third kappa shape index (κ3) is 4.79. The summed E-state index contributed by atoms with van der Waals surface area (Å²) in [6.45, 7) is 9.45. The Bertz CT molecular complexity index is 1440. The van der Waals surface area contributed by atoms with E-state index in [9.17, 15) is 19.2 Å². The number of hydrogen-bond donors (Lipinski definition) is 1. The lowest BCUT2D eigenvalue weighted by atomic mass is 9.84. The van der Waals surface area contributed by atoms with Gasteiger partial charge in [-0.3, -0.25) is 29.0 Å². The fourth-order valence-electron chi connectivity index (χ4n) is 7.46. The van der Waals surface area contributed by atoms with Crippen LogP contribution in [0.3, 0.4) is 0 Å². The number of likely N-dealkylation sites (tertiary alicyclic amines) is 3. The van der Waals surface area contributed by atoms with Crippen molar-refractivity contribution in [2.75, 3.05) is 83.9 Å². The van der Waals surface area contributed by atoms with Crippen LogP contribution in [0.15, 0.2) is 18.2 Å². The van der Waals surface area contributed by atoms with Gasteiger partial charge >= 0.3 is 0 Å². The predicted molar refractivity (Wildman–Crippen MR) is 160 cm³/mol. The molecule has 10 nitrogen and oxygen atoms in total. The van der Waals surface area contributed by atoms with Crippen molar-refractivity contribution in [2.45, 2.75) is 38.5 Å². The van der Waals surface area contributed by atoms with E-state index in [1.807, 2.05) is 0 Å². The average molecular weight is 573 g/mol. The summed E-state index contributed by atoms with van der Waals surface area (Å²) >= 11 is 0. The van der Waals surface area contributed by atoms with Crippen molar-refractivity contribution in [2.24, 2.45) is 0 Å². The van der Waals surface area contributed by atoms with Crippen molar-refractivity contribution in [1.82, 2.24) is 24.5 Å². The maximum absolute atomic E-state index is 14.1. The van der Waals surface area contributed by atoms with Gasteiger partial charge in [0, 0.05) is 66.9 Å². The molecule has 5 aliphatic heterocycles. The van der Waals surface area contributed by atoms with E-state index in [0.29, 0.717) is 71.4 Å². The predicted octanol–water partition coefficient (Wildman–Crippen LogP) is 2.73. The summed E-state index contributed by atoms with van der Waals surface area (Å²) in [5.41, 5.74) is 2.14. The van der Waals surface area contributed by atoms with Gasteiger partial charge in [-0.05, 0) is 96.0 Å². The molecular formula is C32H40N6O4. The zero-order valence-electron chi connectivity index (χ0n) is 24.3. The summed E-state index contributed by atoms with van der Waals surface area (Å²) < 4.78 is 0. The molecule has 5 heterocycles. The molecule has 222 valence electrons. The van der Waals surface area contributed by atoms with Crippen LogP contribution in [0.5, 0.6) is 0 Å². The zero-order chi connectivity index (χ0) is 28.8. The molecule has 2 aromatic rings. The third-order valence-corrected chi connectivity index (χ3v) is 9.79. The van der Waals surface area contributed by atoms with Gasteiger partial charge in [0.15, 0.2) is 0 Å². The lowest BCUT2D eigenvalue weighted by Gasteiger charge is -2.34. The largest absolute Gasteiger partial charge is 0.383 e. The van der Waals surface area contributed by atoms with E-state index in [4.69, 9.17) is 0 Å². The van der Waals surface area contributed by atoms with E-state index in [1.165, 1.54) is 22.6 Å². The first-order valence-electron chi connectivity index (χ1n) is 15.8. The second kappa shape index (κ2) is 11.4. The van der Waals surface area contributed by atoms with Crippen LogP contribution in [0.1, 0.15) is 80.0 Å². The lowest BCUT2D eigenvalue weighted by Crippen LogP contribution is -2.46. The molecule has 0 saturated carbocycles. The van der Waals surface area contributed by atoms with Crippen molar-refractivity contribution in [1.29, 1.82) is 0 Å². The molecule has 2 aromatic carbocycles. The Labute approximate surface area is 246 Å². The summed E-state index contributed by atoms with van der Waals surface area (Å²) in [5, 5.41) is 4.37. The molecule has 5 aliphatic rings. The van der Waals surface area contributed by atoms with E-state index in [1.54, 1.807) is 18.2 Å². The Morgan fingerprint density at radius 3 is 1.52 bits per heavy atom. The fraction of sp³-hybridized carbons (Fsp3) is 0.562. The minimum Gasteiger partial charge on any atom is -0.383 e. The number of carbonyl (C=O) groups excluding carboxylic acids is 4. The van der Waals surface area contributed by atoms with Gasteiger partial charge in [-0.1, -0.05) is 0 Å². The fourth-order valence-corrected chi connectivity index (χ4v) is 7.46.